The molecule has 4 nitrogen and oxygen atoms in total. The molecule has 16 heavy (non-hydrogen) atoms. The predicted molar refractivity (Wildman–Crippen MR) is 68.0 cm³/mol. The standard InChI is InChI=1S/C11H19N3OS/c1-2-15-7-9-4-3-5-14(6-9)11-13-10(12)8-16-11/h8-9H,2-7,12H2,1H3/t9-/m1/s1. The van der Waals surface area contributed by atoms with Crippen LogP contribution >= 0.6 is 11.3 Å². The van der Waals surface area contributed by atoms with Gasteiger partial charge < -0.3 is 15.4 Å². The van der Waals surface area contributed by atoms with Crippen LogP contribution in [-0.4, -0.2) is 31.3 Å². The van der Waals surface area contributed by atoms with Crippen LogP contribution < -0.4 is 10.6 Å². The summed E-state index contributed by atoms with van der Waals surface area (Å²) < 4.78 is 5.49. The molecule has 1 aromatic heterocycles. The molecule has 0 aromatic carbocycles. The van der Waals surface area contributed by atoms with Crippen LogP contribution in [0, 0.1) is 5.92 Å². The molecule has 1 aliphatic heterocycles. The van der Waals surface area contributed by atoms with Gasteiger partial charge in [-0.2, -0.15) is 0 Å². The number of anilines is 2. The summed E-state index contributed by atoms with van der Waals surface area (Å²) in [5.74, 6) is 1.27. The molecule has 2 N–H and O–H groups in total. The first-order valence-corrected chi connectivity index (χ1v) is 6.71. The van der Waals surface area contributed by atoms with E-state index in [-0.39, 0.29) is 0 Å². The molecule has 1 aromatic rings. The fourth-order valence-electron chi connectivity index (χ4n) is 2.08. The van der Waals surface area contributed by atoms with Crippen molar-refractivity contribution >= 4 is 22.3 Å². The zero-order valence-corrected chi connectivity index (χ0v) is 10.5. The van der Waals surface area contributed by atoms with Crippen molar-refractivity contribution in [1.29, 1.82) is 0 Å². The van der Waals surface area contributed by atoms with E-state index in [2.05, 4.69) is 9.88 Å². The van der Waals surface area contributed by atoms with Crippen molar-refractivity contribution in [1.82, 2.24) is 4.98 Å². The maximum atomic E-state index is 5.65. The number of aromatic nitrogens is 1. The van der Waals surface area contributed by atoms with E-state index >= 15 is 0 Å². The van der Waals surface area contributed by atoms with Crippen LogP contribution in [-0.2, 0) is 4.74 Å². The molecular weight excluding hydrogens is 222 g/mol. The number of ether oxygens (including phenoxy) is 1. The highest BCUT2D eigenvalue weighted by atomic mass is 32.1. The molecular formula is C11H19N3OS. The lowest BCUT2D eigenvalue weighted by atomic mass is 9.99. The second-order valence-electron chi connectivity index (χ2n) is 4.17. The maximum absolute atomic E-state index is 5.65. The van der Waals surface area contributed by atoms with E-state index in [1.807, 2.05) is 12.3 Å². The van der Waals surface area contributed by atoms with Crippen LogP contribution in [0.3, 0.4) is 0 Å². The Kier molecular flexibility index (Phi) is 4.01. The highest BCUT2D eigenvalue weighted by Gasteiger charge is 2.21. The minimum atomic E-state index is 0.631. The normalized spacial score (nSPS) is 21.3. The minimum absolute atomic E-state index is 0.631. The largest absolute Gasteiger partial charge is 0.383 e. The van der Waals surface area contributed by atoms with Gasteiger partial charge in [0.25, 0.3) is 0 Å². The third kappa shape index (κ3) is 2.86. The molecule has 0 unspecified atom stereocenters. The fourth-order valence-corrected chi connectivity index (χ4v) is 2.83. The highest BCUT2D eigenvalue weighted by Crippen LogP contribution is 2.27. The first-order chi connectivity index (χ1) is 7.79. The molecule has 90 valence electrons. The van der Waals surface area contributed by atoms with Crippen molar-refractivity contribution in [3.63, 3.8) is 0 Å². The van der Waals surface area contributed by atoms with E-state index < -0.39 is 0 Å². The summed E-state index contributed by atoms with van der Waals surface area (Å²) in [5, 5.41) is 2.96. The van der Waals surface area contributed by atoms with E-state index in [4.69, 9.17) is 10.5 Å². The van der Waals surface area contributed by atoms with E-state index in [9.17, 15) is 0 Å². The second kappa shape index (κ2) is 5.50. The van der Waals surface area contributed by atoms with E-state index in [0.717, 1.165) is 31.4 Å². The van der Waals surface area contributed by atoms with Crippen LogP contribution in [0.1, 0.15) is 19.8 Å². The first kappa shape index (κ1) is 11.7. The molecule has 0 bridgehead atoms. The van der Waals surface area contributed by atoms with Gasteiger partial charge in [-0.25, -0.2) is 4.98 Å². The molecule has 1 fully saturated rings. The summed E-state index contributed by atoms with van der Waals surface area (Å²) in [5.41, 5.74) is 5.65. The Morgan fingerprint density at radius 1 is 1.69 bits per heavy atom. The number of hydrogen-bond acceptors (Lipinski definition) is 5. The molecule has 1 saturated heterocycles. The Bertz CT molecular complexity index is 329. The SMILES string of the molecule is CCOC[C@@H]1CCCN(c2nc(N)cs2)C1. The quantitative estimate of drug-likeness (QED) is 0.875. The van der Waals surface area contributed by atoms with Gasteiger partial charge in [-0.3, -0.25) is 0 Å². The monoisotopic (exact) mass is 241 g/mol. The summed E-state index contributed by atoms with van der Waals surface area (Å²) in [6, 6.07) is 0. The number of hydrogen-bond donors (Lipinski definition) is 1. The average molecular weight is 241 g/mol. The number of nitrogens with two attached hydrogens (primary N) is 1. The molecule has 0 aliphatic carbocycles. The van der Waals surface area contributed by atoms with Gasteiger partial charge in [-0.05, 0) is 25.7 Å². The van der Waals surface area contributed by atoms with Gasteiger partial charge in [0, 0.05) is 25.1 Å². The highest BCUT2D eigenvalue weighted by molar-refractivity contribution is 7.14. The van der Waals surface area contributed by atoms with Crippen molar-refractivity contribution < 1.29 is 4.74 Å². The van der Waals surface area contributed by atoms with Crippen molar-refractivity contribution in [2.45, 2.75) is 19.8 Å². The van der Waals surface area contributed by atoms with Gasteiger partial charge in [0.2, 0.25) is 0 Å². The lowest BCUT2D eigenvalue weighted by Crippen LogP contribution is -2.37. The molecule has 1 aliphatic rings. The van der Waals surface area contributed by atoms with Crippen LogP contribution in [0.25, 0.3) is 0 Å². The number of rotatable bonds is 4. The smallest absolute Gasteiger partial charge is 0.187 e. The Morgan fingerprint density at radius 3 is 3.25 bits per heavy atom. The van der Waals surface area contributed by atoms with Gasteiger partial charge in [0.1, 0.15) is 5.82 Å². The lowest BCUT2D eigenvalue weighted by molar-refractivity contribution is 0.104. The third-order valence-electron chi connectivity index (χ3n) is 2.86. The van der Waals surface area contributed by atoms with Crippen molar-refractivity contribution in [3.8, 4) is 0 Å². The molecule has 2 rings (SSSR count). The Labute approximate surface area is 100 Å². The molecule has 0 amide bonds. The Balaban J connectivity index is 1.91. The van der Waals surface area contributed by atoms with E-state index in [1.165, 1.54) is 12.8 Å². The third-order valence-corrected chi connectivity index (χ3v) is 3.78. The van der Waals surface area contributed by atoms with Gasteiger partial charge in [0.05, 0.1) is 6.61 Å². The zero-order chi connectivity index (χ0) is 11.4. The predicted octanol–water partition coefficient (Wildman–Crippen LogP) is 1.98. The van der Waals surface area contributed by atoms with Gasteiger partial charge in [-0.1, -0.05) is 0 Å². The van der Waals surface area contributed by atoms with Crippen LogP contribution in [0.4, 0.5) is 10.9 Å². The summed E-state index contributed by atoms with van der Waals surface area (Å²) in [4.78, 5) is 6.66. The average Bonchev–Trinajstić information content (AvgIpc) is 2.74. The Morgan fingerprint density at radius 2 is 2.56 bits per heavy atom. The van der Waals surface area contributed by atoms with Gasteiger partial charge >= 0.3 is 0 Å². The summed E-state index contributed by atoms with van der Waals surface area (Å²) >= 11 is 1.63. The van der Waals surface area contributed by atoms with Crippen LogP contribution in [0.5, 0.6) is 0 Å². The molecule has 0 radical (unpaired) electrons. The van der Waals surface area contributed by atoms with E-state index in [0.29, 0.717) is 11.7 Å². The fraction of sp³-hybridized carbons (Fsp3) is 0.727. The molecule has 0 saturated carbocycles. The number of nitrogen functional groups attached to an aromatic ring is 1. The number of piperidine rings is 1. The van der Waals surface area contributed by atoms with Crippen LogP contribution in [0.2, 0.25) is 0 Å². The number of thiazole rings is 1. The van der Waals surface area contributed by atoms with Crippen LogP contribution in [0.15, 0.2) is 5.38 Å². The zero-order valence-electron chi connectivity index (χ0n) is 9.69. The van der Waals surface area contributed by atoms with Gasteiger partial charge in [-0.15, -0.1) is 11.3 Å². The second-order valence-corrected chi connectivity index (χ2v) is 5.01. The van der Waals surface area contributed by atoms with Crippen molar-refractivity contribution in [3.05, 3.63) is 5.38 Å². The van der Waals surface area contributed by atoms with Crippen molar-refractivity contribution in [2.24, 2.45) is 5.92 Å². The molecule has 2 heterocycles. The molecule has 5 heteroatoms. The summed E-state index contributed by atoms with van der Waals surface area (Å²) in [6.07, 6.45) is 2.48. The minimum Gasteiger partial charge on any atom is -0.383 e. The molecule has 0 spiro atoms. The number of nitrogens with zero attached hydrogens (tertiary/aromatic N) is 2. The van der Waals surface area contributed by atoms with Gasteiger partial charge in [0.15, 0.2) is 5.13 Å². The first-order valence-electron chi connectivity index (χ1n) is 5.83. The molecule has 1 atom stereocenters. The maximum Gasteiger partial charge on any atom is 0.187 e. The summed E-state index contributed by atoms with van der Waals surface area (Å²) in [6.45, 7) is 5.86. The Hall–Kier alpha value is -0.810. The topological polar surface area (TPSA) is 51.4 Å². The summed E-state index contributed by atoms with van der Waals surface area (Å²) in [7, 11) is 0. The van der Waals surface area contributed by atoms with E-state index in [1.54, 1.807) is 11.3 Å². The van der Waals surface area contributed by atoms with Crippen molar-refractivity contribution in [2.75, 3.05) is 36.9 Å². The lowest BCUT2D eigenvalue weighted by Gasteiger charge is -2.32.